The minimum Gasteiger partial charge on any atom is -0.378 e. The number of carbonyl (C=O) groups excluding carboxylic acids is 2. The molecule has 0 spiro atoms. The van der Waals surface area contributed by atoms with Crippen molar-refractivity contribution in [2.24, 2.45) is 0 Å². The van der Waals surface area contributed by atoms with Crippen molar-refractivity contribution in [2.45, 2.75) is 37.9 Å². The first kappa shape index (κ1) is 21.2. The van der Waals surface area contributed by atoms with Crippen molar-refractivity contribution in [3.8, 4) is 0 Å². The number of carbonyl (C=O) groups is 2. The molecule has 0 bridgehead atoms. The highest BCUT2D eigenvalue weighted by molar-refractivity contribution is 5.90. The van der Waals surface area contributed by atoms with Gasteiger partial charge in [0.15, 0.2) is 0 Å². The Hall–Kier alpha value is -2.49. The Kier molecular flexibility index (Phi) is 6.83. The third-order valence-electron chi connectivity index (χ3n) is 4.74. The molecule has 7 nitrogen and oxygen atoms in total. The second-order valence-corrected chi connectivity index (χ2v) is 7.15. The first-order chi connectivity index (χ1) is 13.8. The second kappa shape index (κ2) is 9.34. The van der Waals surface area contributed by atoms with Crippen LogP contribution >= 0.6 is 0 Å². The van der Waals surface area contributed by atoms with Crippen molar-refractivity contribution in [1.29, 1.82) is 0 Å². The Bertz CT molecular complexity index is 732. The van der Waals surface area contributed by atoms with E-state index in [9.17, 15) is 22.8 Å². The molecule has 0 atom stereocenters. The maximum absolute atomic E-state index is 13.5. The van der Waals surface area contributed by atoms with E-state index in [0.29, 0.717) is 38.4 Å². The number of halogens is 3. The normalized spacial score (nSPS) is 17.0. The summed E-state index contributed by atoms with van der Waals surface area (Å²) in [6.45, 7) is 2.14. The number of nitrogens with zero attached hydrogens (tertiary/aromatic N) is 1. The zero-order valence-electron chi connectivity index (χ0n) is 16.0. The van der Waals surface area contributed by atoms with Crippen molar-refractivity contribution in [3.63, 3.8) is 0 Å². The fourth-order valence-electron chi connectivity index (χ4n) is 3.04. The summed E-state index contributed by atoms with van der Waals surface area (Å²) < 4.78 is 45.7. The van der Waals surface area contributed by atoms with E-state index in [1.165, 1.54) is 6.07 Å². The predicted molar refractivity (Wildman–Crippen MR) is 102 cm³/mol. The number of urea groups is 1. The zero-order chi connectivity index (χ0) is 20.9. The average molecular weight is 414 g/mol. The van der Waals surface area contributed by atoms with Crippen LogP contribution in [0.4, 0.5) is 29.3 Å². The van der Waals surface area contributed by atoms with Gasteiger partial charge in [-0.05, 0) is 37.5 Å². The van der Waals surface area contributed by atoms with Crippen molar-refractivity contribution in [2.75, 3.05) is 43.1 Å². The topological polar surface area (TPSA) is 82.7 Å². The molecule has 0 aromatic heterocycles. The SMILES string of the molecule is O=C(CCCNC(=O)Nc1ccc(N2CCOCC2)cc1C(F)(F)F)NC1CC1. The van der Waals surface area contributed by atoms with Gasteiger partial charge in [0.25, 0.3) is 0 Å². The van der Waals surface area contributed by atoms with E-state index in [-0.39, 0.29) is 30.6 Å². The van der Waals surface area contributed by atoms with Gasteiger partial charge in [0.1, 0.15) is 0 Å². The number of morpholine rings is 1. The van der Waals surface area contributed by atoms with Crippen LogP contribution in [0.1, 0.15) is 31.2 Å². The number of ether oxygens (including phenoxy) is 1. The van der Waals surface area contributed by atoms with Crippen molar-refractivity contribution in [3.05, 3.63) is 23.8 Å². The lowest BCUT2D eigenvalue weighted by Crippen LogP contribution is -2.36. The quantitative estimate of drug-likeness (QED) is 0.600. The number of rotatable bonds is 7. The summed E-state index contributed by atoms with van der Waals surface area (Å²) in [5, 5.41) is 7.59. The number of nitrogens with one attached hydrogen (secondary N) is 3. The van der Waals surface area contributed by atoms with Gasteiger partial charge < -0.3 is 25.6 Å². The Balaban J connectivity index is 1.54. The largest absolute Gasteiger partial charge is 0.418 e. The molecule has 0 unspecified atom stereocenters. The lowest BCUT2D eigenvalue weighted by atomic mass is 10.1. The molecule has 1 aromatic rings. The predicted octanol–water partition coefficient (Wildman–Crippen LogP) is 2.72. The van der Waals surface area contributed by atoms with Gasteiger partial charge >= 0.3 is 12.2 Å². The summed E-state index contributed by atoms with van der Waals surface area (Å²) in [5.41, 5.74) is -0.771. The van der Waals surface area contributed by atoms with Crippen LogP contribution in [0.3, 0.4) is 0 Å². The highest BCUT2D eigenvalue weighted by Crippen LogP contribution is 2.37. The smallest absolute Gasteiger partial charge is 0.378 e. The van der Waals surface area contributed by atoms with Crippen molar-refractivity contribution < 1.29 is 27.5 Å². The average Bonchev–Trinajstić information content (AvgIpc) is 3.49. The van der Waals surface area contributed by atoms with Crippen LogP contribution in [-0.2, 0) is 15.7 Å². The van der Waals surface area contributed by atoms with Crippen LogP contribution < -0.4 is 20.9 Å². The number of benzene rings is 1. The second-order valence-electron chi connectivity index (χ2n) is 7.15. The molecule has 1 saturated heterocycles. The summed E-state index contributed by atoms with van der Waals surface area (Å²) in [4.78, 5) is 25.4. The first-order valence-corrected chi connectivity index (χ1v) is 9.71. The van der Waals surface area contributed by atoms with Crippen molar-refractivity contribution in [1.82, 2.24) is 10.6 Å². The Morgan fingerprint density at radius 3 is 2.55 bits per heavy atom. The molecule has 3 amide bonds. The van der Waals surface area contributed by atoms with Gasteiger partial charge in [0, 0.05) is 37.8 Å². The number of amides is 3. The minimum absolute atomic E-state index is 0.0761. The van der Waals surface area contributed by atoms with Crippen LogP contribution in [0.25, 0.3) is 0 Å². The van der Waals surface area contributed by atoms with Crippen LogP contribution in [0.2, 0.25) is 0 Å². The molecule has 2 aliphatic rings. The fraction of sp³-hybridized carbons (Fsp3) is 0.579. The van der Waals surface area contributed by atoms with Gasteiger partial charge in [-0.2, -0.15) is 13.2 Å². The maximum atomic E-state index is 13.5. The molecule has 2 fully saturated rings. The Labute approximate surface area is 167 Å². The van der Waals surface area contributed by atoms with E-state index in [1.54, 1.807) is 6.07 Å². The molecule has 1 aliphatic carbocycles. The summed E-state index contributed by atoms with van der Waals surface area (Å²) in [6.07, 6.45) is -1.94. The highest BCUT2D eigenvalue weighted by atomic mass is 19.4. The van der Waals surface area contributed by atoms with Crippen LogP contribution in [0, 0.1) is 0 Å². The molecule has 1 heterocycles. The molecule has 1 saturated carbocycles. The number of hydrogen-bond donors (Lipinski definition) is 3. The molecule has 1 aromatic carbocycles. The summed E-state index contributed by atoms with van der Waals surface area (Å²) >= 11 is 0. The third kappa shape index (κ3) is 6.52. The minimum atomic E-state index is -4.61. The van der Waals surface area contributed by atoms with Crippen molar-refractivity contribution >= 4 is 23.3 Å². The van der Waals surface area contributed by atoms with E-state index >= 15 is 0 Å². The number of hydrogen-bond acceptors (Lipinski definition) is 4. The van der Waals surface area contributed by atoms with Gasteiger partial charge in [-0.25, -0.2) is 4.79 Å². The monoisotopic (exact) mass is 414 g/mol. The molecule has 10 heteroatoms. The summed E-state index contributed by atoms with van der Waals surface area (Å²) in [6, 6.07) is 3.40. The molecule has 1 aliphatic heterocycles. The van der Waals surface area contributed by atoms with Gasteiger partial charge in [-0.15, -0.1) is 0 Å². The molecular weight excluding hydrogens is 389 g/mol. The first-order valence-electron chi connectivity index (χ1n) is 9.71. The molecule has 3 N–H and O–H groups in total. The molecule has 29 heavy (non-hydrogen) atoms. The Morgan fingerprint density at radius 1 is 1.17 bits per heavy atom. The lowest BCUT2D eigenvalue weighted by molar-refractivity contribution is -0.136. The highest BCUT2D eigenvalue weighted by Gasteiger charge is 2.35. The lowest BCUT2D eigenvalue weighted by Gasteiger charge is -2.29. The fourth-order valence-corrected chi connectivity index (χ4v) is 3.04. The summed E-state index contributed by atoms with van der Waals surface area (Å²) in [5.74, 6) is -0.0761. The van der Waals surface area contributed by atoms with Crippen LogP contribution in [0.5, 0.6) is 0 Å². The molecular formula is C19H25F3N4O3. The van der Waals surface area contributed by atoms with Gasteiger partial charge in [0.05, 0.1) is 24.5 Å². The van der Waals surface area contributed by atoms with E-state index in [2.05, 4.69) is 16.0 Å². The number of anilines is 2. The third-order valence-corrected chi connectivity index (χ3v) is 4.74. The van der Waals surface area contributed by atoms with Gasteiger partial charge in [0.2, 0.25) is 5.91 Å². The van der Waals surface area contributed by atoms with Crippen LogP contribution in [-0.4, -0.2) is 50.8 Å². The van der Waals surface area contributed by atoms with Crippen LogP contribution in [0.15, 0.2) is 18.2 Å². The molecule has 3 rings (SSSR count). The number of alkyl halides is 3. The van der Waals surface area contributed by atoms with E-state index in [4.69, 9.17) is 4.74 Å². The standard InChI is InChI=1S/C19H25F3N4O3/c20-19(21,22)15-12-14(26-8-10-29-11-9-26)5-6-16(15)25-18(28)23-7-1-2-17(27)24-13-3-4-13/h5-6,12-13H,1-4,7-11H2,(H,24,27)(H2,23,25,28). The maximum Gasteiger partial charge on any atom is 0.418 e. The van der Waals surface area contributed by atoms with E-state index < -0.39 is 17.8 Å². The Morgan fingerprint density at radius 2 is 1.90 bits per heavy atom. The van der Waals surface area contributed by atoms with Gasteiger partial charge in [-0.3, -0.25) is 4.79 Å². The molecule has 0 radical (unpaired) electrons. The van der Waals surface area contributed by atoms with E-state index in [0.717, 1.165) is 18.9 Å². The zero-order valence-corrected chi connectivity index (χ0v) is 16.0. The summed E-state index contributed by atoms with van der Waals surface area (Å²) in [7, 11) is 0. The van der Waals surface area contributed by atoms with E-state index in [1.807, 2.05) is 4.90 Å². The van der Waals surface area contributed by atoms with Gasteiger partial charge in [-0.1, -0.05) is 0 Å². The molecule has 160 valence electrons.